The van der Waals surface area contributed by atoms with Crippen molar-refractivity contribution in [3.05, 3.63) is 52.5 Å². The Balaban J connectivity index is 1.60. The standard InChI is InChI=1S/C19H20N8S2/c1-2-11-29-19-22-17(25-21-13-14-6-3-4-9-20-14)16-18(23-19)27(26-24-16)10-8-15-7-5-12-28-15/h3-7,9,12-13H,2,8,10-11H2,1H3,(H,22,23,25)/b21-13+. The molecule has 0 bridgehead atoms. The monoisotopic (exact) mass is 424 g/mol. The van der Waals surface area contributed by atoms with E-state index in [9.17, 15) is 0 Å². The third kappa shape index (κ3) is 4.96. The Bertz CT molecular complexity index is 1080. The zero-order valence-corrected chi connectivity index (χ0v) is 17.5. The van der Waals surface area contributed by atoms with Crippen LogP contribution in [-0.2, 0) is 13.0 Å². The number of anilines is 1. The maximum Gasteiger partial charge on any atom is 0.191 e. The van der Waals surface area contributed by atoms with Crippen LogP contribution in [0.3, 0.4) is 0 Å². The average molecular weight is 425 g/mol. The number of hydrogen-bond donors (Lipinski definition) is 1. The van der Waals surface area contributed by atoms with Gasteiger partial charge in [0.1, 0.15) is 0 Å². The molecule has 29 heavy (non-hydrogen) atoms. The molecule has 1 N–H and O–H groups in total. The molecule has 0 aromatic carbocycles. The summed E-state index contributed by atoms with van der Waals surface area (Å²) in [5, 5.41) is 15.6. The first-order valence-electron chi connectivity index (χ1n) is 9.30. The van der Waals surface area contributed by atoms with Crippen LogP contribution in [0.4, 0.5) is 5.82 Å². The predicted octanol–water partition coefficient (Wildman–Crippen LogP) is 3.87. The first-order chi connectivity index (χ1) is 14.3. The maximum atomic E-state index is 4.69. The highest BCUT2D eigenvalue weighted by molar-refractivity contribution is 7.99. The van der Waals surface area contributed by atoms with E-state index < -0.39 is 0 Å². The summed E-state index contributed by atoms with van der Waals surface area (Å²) in [6.07, 6.45) is 5.30. The maximum absolute atomic E-state index is 4.69. The van der Waals surface area contributed by atoms with Crippen molar-refractivity contribution in [3.63, 3.8) is 0 Å². The van der Waals surface area contributed by atoms with Crippen LogP contribution in [0, 0.1) is 0 Å². The van der Waals surface area contributed by atoms with Crippen LogP contribution in [-0.4, -0.2) is 41.9 Å². The van der Waals surface area contributed by atoms with E-state index in [1.165, 1.54) is 4.88 Å². The number of thioether (sulfide) groups is 1. The van der Waals surface area contributed by atoms with Crippen LogP contribution >= 0.6 is 23.1 Å². The van der Waals surface area contributed by atoms with E-state index in [-0.39, 0.29) is 0 Å². The topological polar surface area (TPSA) is 93.8 Å². The highest BCUT2D eigenvalue weighted by Crippen LogP contribution is 2.23. The van der Waals surface area contributed by atoms with Gasteiger partial charge in [0, 0.05) is 29.8 Å². The van der Waals surface area contributed by atoms with Crippen LogP contribution in [0.5, 0.6) is 0 Å². The molecule has 0 radical (unpaired) electrons. The Morgan fingerprint density at radius 1 is 1.24 bits per heavy atom. The van der Waals surface area contributed by atoms with E-state index in [2.05, 4.69) is 60.2 Å². The first-order valence-corrected chi connectivity index (χ1v) is 11.2. The summed E-state index contributed by atoms with van der Waals surface area (Å²) in [6, 6.07) is 9.84. The number of nitrogens with one attached hydrogen (secondary N) is 1. The minimum atomic E-state index is 0.545. The molecule has 4 heterocycles. The molecule has 4 aromatic rings. The fraction of sp³-hybridized carbons (Fsp3) is 0.263. The highest BCUT2D eigenvalue weighted by atomic mass is 32.2. The van der Waals surface area contributed by atoms with Crippen LogP contribution in [0.1, 0.15) is 23.9 Å². The van der Waals surface area contributed by atoms with E-state index in [0.29, 0.717) is 28.7 Å². The number of fused-ring (bicyclic) bond motifs is 1. The highest BCUT2D eigenvalue weighted by Gasteiger charge is 2.15. The van der Waals surface area contributed by atoms with Gasteiger partial charge in [-0.2, -0.15) is 5.10 Å². The molecular formula is C19H20N8S2. The van der Waals surface area contributed by atoms with Gasteiger partial charge in [-0.3, -0.25) is 10.4 Å². The van der Waals surface area contributed by atoms with Gasteiger partial charge in [-0.1, -0.05) is 36.0 Å². The van der Waals surface area contributed by atoms with Gasteiger partial charge in [0.25, 0.3) is 0 Å². The lowest BCUT2D eigenvalue weighted by Gasteiger charge is -2.05. The van der Waals surface area contributed by atoms with Crippen molar-refractivity contribution < 1.29 is 0 Å². The summed E-state index contributed by atoms with van der Waals surface area (Å²) in [7, 11) is 0. The molecule has 0 unspecified atom stereocenters. The van der Waals surface area contributed by atoms with Crippen molar-refractivity contribution in [2.24, 2.45) is 5.10 Å². The molecule has 0 aliphatic heterocycles. The van der Waals surface area contributed by atoms with Crippen molar-refractivity contribution in [1.82, 2.24) is 29.9 Å². The molecule has 10 heteroatoms. The summed E-state index contributed by atoms with van der Waals surface area (Å²) in [5.41, 5.74) is 5.06. The summed E-state index contributed by atoms with van der Waals surface area (Å²) >= 11 is 3.35. The molecule has 8 nitrogen and oxygen atoms in total. The number of aromatic nitrogens is 6. The van der Waals surface area contributed by atoms with E-state index in [4.69, 9.17) is 0 Å². The van der Waals surface area contributed by atoms with Crippen LogP contribution < -0.4 is 5.43 Å². The van der Waals surface area contributed by atoms with Crippen molar-refractivity contribution in [2.45, 2.75) is 31.5 Å². The van der Waals surface area contributed by atoms with Crippen LogP contribution in [0.2, 0.25) is 0 Å². The fourth-order valence-electron chi connectivity index (χ4n) is 2.61. The summed E-state index contributed by atoms with van der Waals surface area (Å²) in [4.78, 5) is 14.8. The summed E-state index contributed by atoms with van der Waals surface area (Å²) in [5.74, 6) is 1.49. The van der Waals surface area contributed by atoms with E-state index >= 15 is 0 Å². The molecule has 0 amide bonds. The number of thiophene rings is 1. The lowest BCUT2D eigenvalue weighted by molar-refractivity contribution is 0.603. The average Bonchev–Trinajstić information content (AvgIpc) is 3.41. The number of aryl methyl sites for hydroxylation is 2. The van der Waals surface area contributed by atoms with Gasteiger partial charge in [-0.25, -0.2) is 14.6 Å². The van der Waals surface area contributed by atoms with Crippen molar-refractivity contribution in [1.29, 1.82) is 0 Å². The molecule has 0 saturated carbocycles. The van der Waals surface area contributed by atoms with E-state index in [1.807, 2.05) is 22.9 Å². The van der Waals surface area contributed by atoms with Gasteiger partial charge in [-0.15, -0.1) is 16.4 Å². The third-order valence-corrected chi connectivity index (χ3v) is 5.97. The van der Waals surface area contributed by atoms with Gasteiger partial charge >= 0.3 is 0 Å². The lowest BCUT2D eigenvalue weighted by atomic mass is 10.3. The molecule has 4 aromatic heterocycles. The Morgan fingerprint density at radius 3 is 3.00 bits per heavy atom. The molecular weight excluding hydrogens is 404 g/mol. The summed E-state index contributed by atoms with van der Waals surface area (Å²) < 4.78 is 1.83. The Morgan fingerprint density at radius 2 is 2.21 bits per heavy atom. The van der Waals surface area contributed by atoms with Gasteiger partial charge < -0.3 is 0 Å². The van der Waals surface area contributed by atoms with E-state index in [0.717, 1.165) is 24.3 Å². The van der Waals surface area contributed by atoms with Crippen molar-refractivity contribution >= 4 is 46.3 Å². The normalized spacial score (nSPS) is 11.5. The number of hydrogen-bond acceptors (Lipinski definition) is 9. The van der Waals surface area contributed by atoms with Gasteiger partial charge in [0.15, 0.2) is 22.1 Å². The molecule has 148 valence electrons. The number of hydrazone groups is 1. The largest absolute Gasteiger partial charge is 0.259 e. The SMILES string of the molecule is CCCSc1nc(N/N=C/c2ccccn2)c2nnn(CCc3cccs3)c2n1. The molecule has 0 atom stereocenters. The lowest BCUT2D eigenvalue weighted by Crippen LogP contribution is -2.05. The smallest absolute Gasteiger partial charge is 0.191 e. The predicted molar refractivity (Wildman–Crippen MR) is 118 cm³/mol. The first kappa shape index (κ1) is 19.5. The fourth-order valence-corrected chi connectivity index (χ4v) is 4.00. The Labute approximate surface area is 176 Å². The molecule has 0 saturated heterocycles. The number of rotatable bonds is 9. The molecule has 0 spiro atoms. The van der Waals surface area contributed by atoms with Gasteiger partial charge in [0.2, 0.25) is 0 Å². The third-order valence-electron chi connectivity index (χ3n) is 3.98. The zero-order chi connectivity index (χ0) is 19.9. The Hall–Kier alpha value is -2.85. The molecule has 0 aliphatic carbocycles. The van der Waals surface area contributed by atoms with Gasteiger partial charge in [0.05, 0.1) is 11.9 Å². The quantitative estimate of drug-likeness (QED) is 0.189. The van der Waals surface area contributed by atoms with E-state index in [1.54, 1.807) is 35.5 Å². The molecule has 0 aliphatic rings. The number of pyridine rings is 1. The zero-order valence-electron chi connectivity index (χ0n) is 15.9. The second-order valence-corrected chi connectivity index (χ2v) is 8.24. The minimum Gasteiger partial charge on any atom is -0.259 e. The second-order valence-electron chi connectivity index (χ2n) is 6.14. The van der Waals surface area contributed by atoms with Gasteiger partial charge in [-0.05, 0) is 30.0 Å². The molecule has 4 rings (SSSR count). The molecule has 0 fully saturated rings. The summed E-state index contributed by atoms with van der Waals surface area (Å²) in [6.45, 7) is 2.84. The van der Waals surface area contributed by atoms with Crippen molar-refractivity contribution in [2.75, 3.05) is 11.2 Å². The van der Waals surface area contributed by atoms with Crippen LogP contribution in [0.25, 0.3) is 11.2 Å². The van der Waals surface area contributed by atoms with Crippen LogP contribution in [0.15, 0.2) is 52.2 Å². The Kier molecular flexibility index (Phi) is 6.42. The van der Waals surface area contributed by atoms with Crippen molar-refractivity contribution in [3.8, 4) is 0 Å². The minimum absolute atomic E-state index is 0.545. The number of nitrogens with zero attached hydrogens (tertiary/aromatic N) is 7. The second kappa shape index (κ2) is 9.57.